The Hall–Kier alpha value is -4.36. The number of sulfone groups is 2. The van der Waals surface area contributed by atoms with Crippen LogP contribution in [0.1, 0.15) is 31.8 Å². The number of fused-ring (bicyclic) bond motifs is 4. The molecule has 236 valence electrons. The van der Waals surface area contributed by atoms with Crippen LogP contribution in [-0.2, 0) is 29.1 Å². The van der Waals surface area contributed by atoms with E-state index in [1.54, 1.807) is 60.7 Å². The molecule has 2 fully saturated rings. The van der Waals surface area contributed by atoms with E-state index in [0.29, 0.717) is 52.6 Å². The minimum Gasteiger partial charge on any atom is -0.378 e. The minimum atomic E-state index is -3.67. The van der Waals surface area contributed by atoms with Crippen LogP contribution in [0.3, 0.4) is 0 Å². The molecule has 8 rings (SSSR count). The molecule has 4 aromatic carbocycles. The lowest BCUT2D eigenvalue weighted by atomic mass is 10.0. The number of rotatable bonds is 2. The highest BCUT2D eigenvalue weighted by molar-refractivity contribution is 7.92. The molecule has 0 unspecified atom stereocenters. The highest BCUT2D eigenvalue weighted by Gasteiger charge is 2.36. The molecule has 0 radical (unpaired) electrons. The Morgan fingerprint density at radius 2 is 0.804 bits per heavy atom. The topological polar surface area (TPSA) is 127 Å². The lowest BCUT2D eigenvalue weighted by Gasteiger charge is -2.30. The predicted octanol–water partition coefficient (Wildman–Crippen LogP) is 3.80. The summed E-state index contributed by atoms with van der Waals surface area (Å²) in [6.07, 6.45) is 0. The SMILES string of the molecule is O=C1c2ccccc2S(=O)(=O)c2cc(N3CCOCC3)ccc21.O=C1c2ccccc2S(=O)(=O)c2cc(N3CCOCC3)ccc21. The van der Waals surface area contributed by atoms with Gasteiger partial charge in [0.1, 0.15) is 0 Å². The van der Waals surface area contributed by atoms with Crippen LogP contribution < -0.4 is 9.80 Å². The largest absolute Gasteiger partial charge is 0.378 e. The van der Waals surface area contributed by atoms with Crippen molar-refractivity contribution in [2.75, 3.05) is 62.4 Å². The van der Waals surface area contributed by atoms with E-state index in [-0.39, 0.29) is 53.4 Å². The summed E-state index contributed by atoms with van der Waals surface area (Å²) in [4.78, 5) is 29.7. The quantitative estimate of drug-likeness (QED) is 0.271. The number of nitrogens with zero attached hydrogens (tertiary/aromatic N) is 2. The zero-order chi connectivity index (χ0) is 32.1. The highest BCUT2D eigenvalue weighted by Crippen LogP contribution is 2.38. The van der Waals surface area contributed by atoms with Gasteiger partial charge in [-0.15, -0.1) is 0 Å². The van der Waals surface area contributed by atoms with E-state index in [1.807, 2.05) is 12.1 Å². The van der Waals surface area contributed by atoms with Gasteiger partial charge >= 0.3 is 0 Å². The second kappa shape index (κ2) is 11.8. The molecule has 0 bridgehead atoms. The molecule has 2 saturated heterocycles. The Bertz CT molecular complexity index is 1950. The van der Waals surface area contributed by atoms with Crippen molar-refractivity contribution in [1.82, 2.24) is 0 Å². The molecule has 4 heterocycles. The average molecular weight is 659 g/mol. The van der Waals surface area contributed by atoms with Crippen LogP contribution in [0.4, 0.5) is 11.4 Å². The van der Waals surface area contributed by atoms with Gasteiger partial charge in [0.05, 0.1) is 46.0 Å². The van der Waals surface area contributed by atoms with Crippen LogP contribution >= 0.6 is 0 Å². The molecule has 0 spiro atoms. The van der Waals surface area contributed by atoms with E-state index in [4.69, 9.17) is 9.47 Å². The number of ether oxygens (including phenoxy) is 2. The second-order valence-corrected chi connectivity index (χ2v) is 15.0. The first kappa shape index (κ1) is 30.3. The Morgan fingerprint density at radius 1 is 0.457 bits per heavy atom. The normalized spacial score (nSPS) is 19.1. The summed E-state index contributed by atoms with van der Waals surface area (Å²) >= 11 is 0. The van der Waals surface area contributed by atoms with Crippen LogP contribution in [0.15, 0.2) is 105 Å². The summed E-state index contributed by atoms with van der Waals surface area (Å²) in [6.45, 7) is 5.31. The van der Waals surface area contributed by atoms with Gasteiger partial charge in [-0.1, -0.05) is 24.3 Å². The molecule has 4 aliphatic rings. The van der Waals surface area contributed by atoms with Gasteiger partial charge in [0.15, 0.2) is 11.6 Å². The van der Waals surface area contributed by atoms with Gasteiger partial charge in [0.25, 0.3) is 0 Å². The Kier molecular flexibility index (Phi) is 7.76. The van der Waals surface area contributed by atoms with Gasteiger partial charge in [0, 0.05) is 59.8 Å². The fourth-order valence-electron chi connectivity index (χ4n) is 6.18. The zero-order valence-electron chi connectivity index (χ0n) is 24.7. The first-order chi connectivity index (χ1) is 22.2. The third kappa shape index (κ3) is 5.11. The van der Waals surface area contributed by atoms with Crippen molar-refractivity contribution < 1.29 is 35.9 Å². The summed E-state index contributed by atoms with van der Waals surface area (Å²) in [5.74, 6) is -0.474. The molecule has 4 aromatic rings. The minimum absolute atomic E-state index is 0.0941. The van der Waals surface area contributed by atoms with Gasteiger partial charge in [-0.05, 0) is 60.7 Å². The summed E-state index contributed by atoms with van der Waals surface area (Å²) in [5, 5.41) is 0. The summed E-state index contributed by atoms with van der Waals surface area (Å²) in [7, 11) is -7.35. The fraction of sp³-hybridized carbons (Fsp3) is 0.235. The van der Waals surface area contributed by atoms with Crippen molar-refractivity contribution in [3.8, 4) is 0 Å². The Balaban J connectivity index is 0.000000147. The van der Waals surface area contributed by atoms with Gasteiger partial charge in [-0.3, -0.25) is 9.59 Å². The molecule has 0 amide bonds. The average Bonchev–Trinajstić information content (AvgIpc) is 3.10. The molecule has 0 N–H and O–H groups in total. The van der Waals surface area contributed by atoms with E-state index in [2.05, 4.69) is 9.80 Å². The molecule has 46 heavy (non-hydrogen) atoms. The van der Waals surface area contributed by atoms with Crippen molar-refractivity contribution in [2.24, 2.45) is 0 Å². The summed E-state index contributed by atoms with van der Waals surface area (Å²) in [5.41, 5.74) is 2.62. The van der Waals surface area contributed by atoms with Gasteiger partial charge in [-0.25, -0.2) is 16.8 Å². The van der Waals surface area contributed by atoms with E-state index >= 15 is 0 Å². The maximum Gasteiger partial charge on any atom is 0.208 e. The third-order valence-electron chi connectivity index (χ3n) is 8.59. The summed E-state index contributed by atoms with van der Waals surface area (Å²) < 4.78 is 62.2. The van der Waals surface area contributed by atoms with E-state index in [1.165, 1.54) is 12.1 Å². The third-order valence-corrected chi connectivity index (χ3v) is 12.3. The number of benzene rings is 4. The second-order valence-electron chi connectivity index (χ2n) is 11.2. The molecule has 12 heteroatoms. The van der Waals surface area contributed by atoms with Crippen molar-refractivity contribution in [2.45, 2.75) is 19.6 Å². The molecule has 0 atom stereocenters. The van der Waals surface area contributed by atoms with E-state index in [0.717, 1.165) is 11.4 Å². The first-order valence-electron chi connectivity index (χ1n) is 14.9. The van der Waals surface area contributed by atoms with E-state index in [9.17, 15) is 26.4 Å². The number of carbonyl (C=O) groups is 2. The van der Waals surface area contributed by atoms with Crippen LogP contribution in [0.2, 0.25) is 0 Å². The standard InChI is InChI=1S/2C17H15NO4S/c2*19-17-13-3-1-2-4-15(13)23(20,21)16-11-12(5-6-14(16)17)18-7-9-22-10-8-18/h2*1-6,11H,7-10H2. The lowest BCUT2D eigenvalue weighted by molar-refractivity contribution is 0.102. The molecular formula is C34H30N2O8S2. The van der Waals surface area contributed by atoms with Gasteiger partial charge in [-0.2, -0.15) is 0 Å². The van der Waals surface area contributed by atoms with Crippen LogP contribution in [-0.4, -0.2) is 81.0 Å². The van der Waals surface area contributed by atoms with Crippen molar-refractivity contribution in [1.29, 1.82) is 0 Å². The fourth-order valence-corrected chi connectivity index (χ4v) is 9.52. The molecular weight excluding hydrogens is 629 g/mol. The molecule has 0 aliphatic carbocycles. The number of hydrogen-bond acceptors (Lipinski definition) is 10. The maximum absolute atomic E-state index is 12.9. The smallest absolute Gasteiger partial charge is 0.208 e. The van der Waals surface area contributed by atoms with E-state index < -0.39 is 19.7 Å². The number of morpholine rings is 2. The van der Waals surface area contributed by atoms with Crippen LogP contribution in [0, 0.1) is 0 Å². The lowest BCUT2D eigenvalue weighted by Crippen LogP contribution is -2.36. The van der Waals surface area contributed by atoms with Crippen molar-refractivity contribution in [3.05, 3.63) is 107 Å². The number of anilines is 2. The maximum atomic E-state index is 12.9. The number of carbonyl (C=O) groups excluding carboxylic acids is 2. The van der Waals surface area contributed by atoms with Crippen molar-refractivity contribution >= 4 is 42.6 Å². The molecule has 0 aromatic heterocycles. The first-order valence-corrected chi connectivity index (χ1v) is 17.9. The molecule has 4 aliphatic heterocycles. The Labute approximate surface area is 267 Å². The predicted molar refractivity (Wildman–Crippen MR) is 170 cm³/mol. The van der Waals surface area contributed by atoms with Gasteiger partial charge in [0.2, 0.25) is 19.7 Å². The molecule has 0 saturated carbocycles. The van der Waals surface area contributed by atoms with Crippen LogP contribution in [0.5, 0.6) is 0 Å². The molecule has 10 nitrogen and oxygen atoms in total. The van der Waals surface area contributed by atoms with Crippen molar-refractivity contribution in [3.63, 3.8) is 0 Å². The number of ketones is 2. The number of hydrogen-bond donors (Lipinski definition) is 0. The van der Waals surface area contributed by atoms with Gasteiger partial charge < -0.3 is 19.3 Å². The highest BCUT2D eigenvalue weighted by atomic mass is 32.2. The van der Waals surface area contributed by atoms with Crippen LogP contribution in [0.25, 0.3) is 0 Å². The zero-order valence-corrected chi connectivity index (χ0v) is 26.3. The Morgan fingerprint density at radius 3 is 1.20 bits per heavy atom. The summed E-state index contributed by atoms with van der Waals surface area (Å²) in [6, 6.07) is 22.8. The monoisotopic (exact) mass is 658 g/mol.